The van der Waals surface area contributed by atoms with E-state index in [-0.39, 0.29) is 6.10 Å². The van der Waals surface area contributed by atoms with Gasteiger partial charge in [0, 0.05) is 18.3 Å². The third-order valence-corrected chi connectivity index (χ3v) is 3.15. The fraction of sp³-hybridized carbons (Fsp3) is 0.500. The molecule has 0 spiro atoms. The summed E-state index contributed by atoms with van der Waals surface area (Å²) in [5.74, 6) is 0.222. The first-order chi connectivity index (χ1) is 9.49. The molecule has 6 nitrogen and oxygen atoms in total. The molecule has 0 aliphatic carbocycles. The molecule has 20 heavy (non-hydrogen) atoms. The molecule has 1 aliphatic heterocycles. The van der Waals surface area contributed by atoms with Crippen molar-refractivity contribution in [1.82, 2.24) is 0 Å². The number of anilines is 2. The molecule has 1 aromatic carbocycles. The summed E-state index contributed by atoms with van der Waals surface area (Å²) in [6, 6.07) is 5.03. The number of hydrogen-bond acceptors (Lipinski definition) is 5. The van der Waals surface area contributed by atoms with E-state index in [0.717, 1.165) is 5.69 Å². The van der Waals surface area contributed by atoms with E-state index >= 15 is 0 Å². The van der Waals surface area contributed by atoms with Gasteiger partial charge in [0.1, 0.15) is 11.8 Å². The number of nitrogens with zero attached hydrogens (tertiary/aromatic N) is 1. The minimum atomic E-state index is -0.459. The first kappa shape index (κ1) is 14.5. The van der Waals surface area contributed by atoms with Crippen molar-refractivity contribution in [3.05, 3.63) is 18.2 Å². The fourth-order valence-electron chi connectivity index (χ4n) is 2.21. The average molecular weight is 279 g/mol. The van der Waals surface area contributed by atoms with Gasteiger partial charge in [0.2, 0.25) is 5.91 Å². The van der Waals surface area contributed by atoms with Gasteiger partial charge in [-0.1, -0.05) is 0 Å². The maximum atomic E-state index is 11.5. The molecule has 4 N–H and O–H groups in total. The van der Waals surface area contributed by atoms with Gasteiger partial charge in [-0.25, -0.2) is 0 Å². The Kier molecular flexibility index (Phi) is 4.34. The van der Waals surface area contributed by atoms with Crippen LogP contribution in [0.4, 0.5) is 11.4 Å². The van der Waals surface area contributed by atoms with Gasteiger partial charge in [0.15, 0.2) is 0 Å². The number of ether oxygens (including phenoxy) is 2. The molecule has 1 heterocycles. The Labute approximate surface area is 118 Å². The van der Waals surface area contributed by atoms with Crippen LogP contribution in [0.25, 0.3) is 0 Å². The monoisotopic (exact) mass is 279 g/mol. The summed E-state index contributed by atoms with van der Waals surface area (Å²) < 4.78 is 11.0. The van der Waals surface area contributed by atoms with Gasteiger partial charge < -0.3 is 25.8 Å². The molecule has 2 rings (SSSR count). The van der Waals surface area contributed by atoms with E-state index in [1.54, 1.807) is 6.07 Å². The molecule has 0 saturated carbocycles. The van der Waals surface area contributed by atoms with Crippen LogP contribution in [0, 0.1) is 0 Å². The second-order valence-corrected chi connectivity index (χ2v) is 5.08. The predicted octanol–water partition coefficient (Wildman–Crippen LogP) is 0.747. The average Bonchev–Trinajstić information content (AvgIpc) is 2.40. The minimum Gasteiger partial charge on any atom is -0.489 e. The number of benzene rings is 1. The van der Waals surface area contributed by atoms with Gasteiger partial charge in [0.05, 0.1) is 25.0 Å². The molecule has 0 bridgehead atoms. The van der Waals surface area contributed by atoms with Gasteiger partial charge in [-0.2, -0.15) is 0 Å². The smallest absolute Gasteiger partial charge is 0.242 e. The number of hydrogen-bond donors (Lipinski definition) is 2. The Morgan fingerprint density at radius 3 is 2.90 bits per heavy atom. The molecular formula is C14H21N3O3. The van der Waals surface area contributed by atoms with Crippen molar-refractivity contribution in [3.63, 3.8) is 0 Å². The van der Waals surface area contributed by atoms with Crippen molar-refractivity contribution < 1.29 is 14.3 Å². The van der Waals surface area contributed by atoms with Gasteiger partial charge in [-0.15, -0.1) is 0 Å². The number of rotatable bonds is 4. The second kappa shape index (κ2) is 6.00. The van der Waals surface area contributed by atoms with Gasteiger partial charge in [-0.05, 0) is 26.0 Å². The summed E-state index contributed by atoms with van der Waals surface area (Å²) in [7, 11) is 0. The lowest BCUT2D eigenvalue weighted by Crippen LogP contribution is -2.52. The predicted molar refractivity (Wildman–Crippen MR) is 77.8 cm³/mol. The number of amides is 1. The summed E-state index contributed by atoms with van der Waals surface area (Å²) in [6.07, 6.45) is 0.0316. The Balaban J connectivity index is 2.28. The van der Waals surface area contributed by atoms with Crippen LogP contribution in [0.15, 0.2) is 18.2 Å². The first-order valence-corrected chi connectivity index (χ1v) is 6.69. The van der Waals surface area contributed by atoms with Crippen molar-refractivity contribution >= 4 is 17.3 Å². The van der Waals surface area contributed by atoms with E-state index in [1.165, 1.54) is 0 Å². The van der Waals surface area contributed by atoms with E-state index in [2.05, 4.69) is 0 Å². The van der Waals surface area contributed by atoms with E-state index in [0.29, 0.717) is 31.2 Å². The number of morpholine rings is 1. The Morgan fingerprint density at radius 2 is 2.25 bits per heavy atom. The van der Waals surface area contributed by atoms with Crippen molar-refractivity contribution in [2.45, 2.75) is 26.0 Å². The number of primary amides is 1. The van der Waals surface area contributed by atoms with E-state index in [4.69, 9.17) is 20.9 Å². The third kappa shape index (κ3) is 3.14. The highest BCUT2D eigenvalue weighted by Crippen LogP contribution is 2.30. The minimum absolute atomic E-state index is 0.0316. The van der Waals surface area contributed by atoms with Gasteiger partial charge in [0.25, 0.3) is 0 Å². The third-order valence-electron chi connectivity index (χ3n) is 3.15. The lowest BCUT2D eigenvalue weighted by Gasteiger charge is -2.35. The molecule has 0 aromatic heterocycles. The summed E-state index contributed by atoms with van der Waals surface area (Å²) in [4.78, 5) is 13.4. The first-order valence-electron chi connectivity index (χ1n) is 6.69. The summed E-state index contributed by atoms with van der Waals surface area (Å²) in [6.45, 7) is 5.35. The van der Waals surface area contributed by atoms with E-state index in [1.807, 2.05) is 30.9 Å². The highest BCUT2D eigenvalue weighted by molar-refractivity contribution is 5.84. The van der Waals surface area contributed by atoms with Crippen LogP contribution in [0.5, 0.6) is 5.75 Å². The standard InChI is InChI=1S/C14H21N3O3/c1-9(2)20-13-7-10(3-4-11(13)15)17-5-6-19-8-12(17)14(16)18/h3-4,7,9,12H,5-6,8,15H2,1-2H3,(H2,16,18). The number of nitrogens with two attached hydrogens (primary N) is 2. The van der Waals surface area contributed by atoms with Crippen LogP contribution in [0.1, 0.15) is 13.8 Å². The molecular weight excluding hydrogens is 258 g/mol. The van der Waals surface area contributed by atoms with Gasteiger partial charge in [-0.3, -0.25) is 4.79 Å². The molecule has 1 unspecified atom stereocenters. The number of carbonyl (C=O) groups is 1. The molecule has 1 saturated heterocycles. The Bertz CT molecular complexity index is 491. The molecule has 1 atom stereocenters. The molecule has 1 amide bonds. The molecule has 1 aliphatic rings. The highest BCUT2D eigenvalue weighted by Gasteiger charge is 2.28. The van der Waals surface area contributed by atoms with Crippen molar-refractivity contribution in [2.24, 2.45) is 5.73 Å². The van der Waals surface area contributed by atoms with Crippen LogP contribution in [-0.4, -0.2) is 37.8 Å². The molecule has 1 aromatic rings. The Morgan fingerprint density at radius 1 is 1.50 bits per heavy atom. The number of nitrogen functional groups attached to an aromatic ring is 1. The SMILES string of the molecule is CC(C)Oc1cc(N2CCOCC2C(N)=O)ccc1N. The summed E-state index contributed by atoms with van der Waals surface area (Å²) in [5, 5.41) is 0. The zero-order valence-corrected chi connectivity index (χ0v) is 11.8. The van der Waals surface area contributed by atoms with Crippen molar-refractivity contribution in [1.29, 1.82) is 0 Å². The topological polar surface area (TPSA) is 90.8 Å². The normalized spacial score (nSPS) is 19.1. The molecule has 0 radical (unpaired) electrons. The quantitative estimate of drug-likeness (QED) is 0.794. The van der Waals surface area contributed by atoms with Crippen LogP contribution in [-0.2, 0) is 9.53 Å². The second-order valence-electron chi connectivity index (χ2n) is 5.08. The lowest BCUT2D eigenvalue weighted by atomic mass is 10.1. The number of carbonyl (C=O) groups excluding carboxylic acids is 1. The van der Waals surface area contributed by atoms with Crippen molar-refractivity contribution in [3.8, 4) is 5.75 Å². The van der Waals surface area contributed by atoms with Crippen LogP contribution in [0.2, 0.25) is 0 Å². The van der Waals surface area contributed by atoms with Crippen LogP contribution in [0.3, 0.4) is 0 Å². The maximum Gasteiger partial charge on any atom is 0.242 e. The molecule has 6 heteroatoms. The molecule has 110 valence electrons. The Hall–Kier alpha value is -1.95. The maximum absolute atomic E-state index is 11.5. The largest absolute Gasteiger partial charge is 0.489 e. The van der Waals surface area contributed by atoms with E-state index in [9.17, 15) is 4.79 Å². The summed E-state index contributed by atoms with van der Waals surface area (Å²) in [5.41, 5.74) is 12.8. The molecule has 1 fully saturated rings. The zero-order valence-electron chi connectivity index (χ0n) is 11.8. The zero-order chi connectivity index (χ0) is 14.7. The van der Waals surface area contributed by atoms with Crippen LogP contribution >= 0.6 is 0 Å². The van der Waals surface area contributed by atoms with Crippen molar-refractivity contribution in [2.75, 3.05) is 30.4 Å². The van der Waals surface area contributed by atoms with Crippen LogP contribution < -0.4 is 21.1 Å². The fourth-order valence-corrected chi connectivity index (χ4v) is 2.21. The lowest BCUT2D eigenvalue weighted by molar-refractivity contribution is -0.121. The van der Waals surface area contributed by atoms with Gasteiger partial charge >= 0.3 is 0 Å². The summed E-state index contributed by atoms with van der Waals surface area (Å²) >= 11 is 0. The van der Waals surface area contributed by atoms with E-state index < -0.39 is 11.9 Å². The highest BCUT2D eigenvalue weighted by atomic mass is 16.5.